The Hall–Kier alpha value is -1.81. The third-order valence-electron chi connectivity index (χ3n) is 4.33. The van der Waals surface area contributed by atoms with E-state index in [2.05, 4.69) is 10.3 Å². The summed E-state index contributed by atoms with van der Waals surface area (Å²) in [5.74, 6) is -0.0132. The lowest BCUT2D eigenvalue weighted by molar-refractivity contribution is 0.0273. The lowest BCUT2D eigenvalue weighted by Gasteiger charge is -2.21. The summed E-state index contributed by atoms with van der Waals surface area (Å²) in [5.41, 5.74) is 1.76. The first kappa shape index (κ1) is 15.1. The number of benzene rings is 1. The minimum absolute atomic E-state index is 0.0132. The van der Waals surface area contributed by atoms with Gasteiger partial charge in [-0.3, -0.25) is 4.79 Å². The van der Waals surface area contributed by atoms with Crippen LogP contribution in [-0.4, -0.2) is 30.1 Å². The van der Waals surface area contributed by atoms with E-state index in [9.17, 15) is 4.79 Å². The molecule has 1 aliphatic carbocycles. The van der Waals surface area contributed by atoms with E-state index in [-0.39, 0.29) is 5.91 Å². The van der Waals surface area contributed by atoms with E-state index >= 15 is 0 Å². The molecule has 0 spiro atoms. The molecule has 0 aliphatic heterocycles. The first-order valence-electron chi connectivity index (χ1n) is 8.30. The Labute approximate surface area is 131 Å². The number of hydrogen-bond acceptors (Lipinski definition) is 2. The number of nitrogens with one attached hydrogen (secondary N) is 2. The van der Waals surface area contributed by atoms with Crippen LogP contribution in [0, 0.1) is 0 Å². The number of aromatic nitrogens is 1. The van der Waals surface area contributed by atoms with E-state index in [0.29, 0.717) is 18.2 Å². The van der Waals surface area contributed by atoms with Crippen molar-refractivity contribution in [2.24, 2.45) is 0 Å². The van der Waals surface area contributed by atoms with Crippen LogP contribution in [0.4, 0.5) is 0 Å². The van der Waals surface area contributed by atoms with Gasteiger partial charge >= 0.3 is 0 Å². The first-order chi connectivity index (χ1) is 10.8. The van der Waals surface area contributed by atoms with Crippen molar-refractivity contribution in [2.45, 2.75) is 44.6 Å². The van der Waals surface area contributed by atoms with Gasteiger partial charge in [0, 0.05) is 35.8 Å². The summed E-state index contributed by atoms with van der Waals surface area (Å²) < 4.78 is 5.86. The van der Waals surface area contributed by atoms with Crippen LogP contribution in [0.2, 0.25) is 0 Å². The Kier molecular flexibility index (Phi) is 5.11. The zero-order valence-corrected chi connectivity index (χ0v) is 12.9. The molecule has 2 N–H and O–H groups in total. The number of ether oxygens (including phenoxy) is 1. The van der Waals surface area contributed by atoms with Crippen LogP contribution in [0.3, 0.4) is 0 Å². The molecule has 1 aliphatic rings. The molecule has 4 nitrogen and oxygen atoms in total. The molecule has 1 fully saturated rings. The number of H-pyrrole nitrogens is 1. The number of rotatable bonds is 6. The number of hydrogen-bond donors (Lipinski definition) is 2. The predicted octanol–water partition coefficient (Wildman–Crippen LogP) is 3.64. The minimum atomic E-state index is -0.0132. The summed E-state index contributed by atoms with van der Waals surface area (Å²) in [5, 5.41) is 4.03. The number of aromatic amines is 1. The molecule has 1 amide bonds. The zero-order chi connectivity index (χ0) is 15.2. The van der Waals surface area contributed by atoms with E-state index in [1.165, 1.54) is 32.1 Å². The molecule has 1 heterocycles. The highest BCUT2D eigenvalue weighted by Crippen LogP contribution is 2.20. The summed E-state index contributed by atoms with van der Waals surface area (Å²) in [4.78, 5) is 15.2. The second kappa shape index (κ2) is 7.45. The highest BCUT2D eigenvalue weighted by molar-refractivity contribution is 5.98. The number of carbonyl (C=O) groups is 1. The van der Waals surface area contributed by atoms with Crippen LogP contribution in [0.15, 0.2) is 30.5 Å². The molecule has 1 aromatic heterocycles. The lowest BCUT2D eigenvalue weighted by Crippen LogP contribution is -2.26. The van der Waals surface area contributed by atoms with Gasteiger partial charge in [0.1, 0.15) is 0 Å². The summed E-state index contributed by atoms with van der Waals surface area (Å²) in [6.07, 6.45) is 9.53. The normalized spacial score (nSPS) is 16.0. The summed E-state index contributed by atoms with van der Waals surface area (Å²) in [7, 11) is 0. The summed E-state index contributed by atoms with van der Waals surface area (Å²) in [6.45, 7) is 1.40. The molecular weight excluding hydrogens is 276 g/mol. The highest BCUT2D eigenvalue weighted by atomic mass is 16.5. The van der Waals surface area contributed by atoms with Gasteiger partial charge in [-0.2, -0.15) is 0 Å². The van der Waals surface area contributed by atoms with Crippen molar-refractivity contribution < 1.29 is 9.53 Å². The van der Waals surface area contributed by atoms with Gasteiger partial charge in [-0.25, -0.2) is 0 Å². The van der Waals surface area contributed by atoms with Gasteiger partial charge in [0.25, 0.3) is 5.91 Å². The first-order valence-corrected chi connectivity index (χ1v) is 8.30. The fourth-order valence-electron chi connectivity index (χ4n) is 3.05. The van der Waals surface area contributed by atoms with Gasteiger partial charge < -0.3 is 15.0 Å². The van der Waals surface area contributed by atoms with Crippen LogP contribution in [0.1, 0.15) is 48.9 Å². The maximum absolute atomic E-state index is 12.1. The van der Waals surface area contributed by atoms with Crippen molar-refractivity contribution in [3.63, 3.8) is 0 Å². The molecule has 0 unspecified atom stereocenters. The Morgan fingerprint density at radius 3 is 2.95 bits per heavy atom. The zero-order valence-electron chi connectivity index (χ0n) is 12.9. The Morgan fingerprint density at radius 2 is 2.09 bits per heavy atom. The van der Waals surface area contributed by atoms with Crippen molar-refractivity contribution >= 4 is 16.8 Å². The molecule has 3 rings (SSSR count). The van der Waals surface area contributed by atoms with E-state index in [4.69, 9.17) is 4.74 Å². The maximum atomic E-state index is 12.1. The van der Waals surface area contributed by atoms with Crippen LogP contribution >= 0.6 is 0 Å². The van der Waals surface area contributed by atoms with E-state index in [1.807, 2.05) is 30.5 Å². The average Bonchev–Trinajstić information content (AvgIpc) is 3.03. The summed E-state index contributed by atoms with van der Waals surface area (Å²) >= 11 is 0. The third-order valence-corrected chi connectivity index (χ3v) is 4.33. The second-order valence-corrected chi connectivity index (χ2v) is 6.02. The van der Waals surface area contributed by atoms with E-state index < -0.39 is 0 Å². The number of fused-ring (bicyclic) bond motifs is 1. The molecule has 1 aromatic carbocycles. The van der Waals surface area contributed by atoms with Gasteiger partial charge in [-0.1, -0.05) is 19.3 Å². The van der Waals surface area contributed by atoms with Crippen LogP contribution in [0.25, 0.3) is 10.9 Å². The topological polar surface area (TPSA) is 54.1 Å². The molecule has 1 saturated carbocycles. The standard InChI is InChI=1S/C18H24N2O2/c21-18(15-7-8-17-14(13-15)9-11-19-17)20-10-4-12-22-16-5-2-1-3-6-16/h7-9,11,13,16,19H,1-6,10,12H2,(H,20,21). The van der Waals surface area contributed by atoms with Crippen molar-refractivity contribution in [1.82, 2.24) is 10.3 Å². The summed E-state index contributed by atoms with van der Waals surface area (Å²) in [6, 6.07) is 7.69. The average molecular weight is 300 g/mol. The molecule has 2 aromatic rings. The van der Waals surface area contributed by atoms with Crippen molar-refractivity contribution in [1.29, 1.82) is 0 Å². The molecular formula is C18H24N2O2. The van der Waals surface area contributed by atoms with Gasteiger partial charge in [-0.05, 0) is 43.5 Å². The van der Waals surface area contributed by atoms with Crippen molar-refractivity contribution in [3.05, 3.63) is 36.0 Å². The quantitative estimate of drug-likeness (QED) is 0.800. The molecule has 0 radical (unpaired) electrons. The molecule has 0 atom stereocenters. The molecule has 4 heteroatoms. The van der Waals surface area contributed by atoms with Crippen LogP contribution in [0.5, 0.6) is 0 Å². The van der Waals surface area contributed by atoms with Crippen LogP contribution in [-0.2, 0) is 4.74 Å². The predicted molar refractivity (Wildman–Crippen MR) is 88.1 cm³/mol. The molecule has 0 bridgehead atoms. The Bertz CT molecular complexity index is 614. The van der Waals surface area contributed by atoms with Crippen molar-refractivity contribution in [2.75, 3.05) is 13.2 Å². The SMILES string of the molecule is O=C(NCCCOC1CCCCC1)c1ccc2[nH]ccc2c1. The fourth-order valence-corrected chi connectivity index (χ4v) is 3.05. The third kappa shape index (κ3) is 3.89. The Morgan fingerprint density at radius 1 is 1.23 bits per heavy atom. The van der Waals surface area contributed by atoms with E-state index in [1.54, 1.807) is 0 Å². The van der Waals surface area contributed by atoms with Gasteiger partial charge in [0.05, 0.1) is 6.10 Å². The van der Waals surface area contributed by atoms with Crippen LogP contribution < -0.4 is 5.32 Å². The van der Waals surface area contributed by atoms with Gasteiger partial charge in [0.15, 0.2) is 0 Å². The van der Waals surface area contributed by atoms with Gasteiger partial charge in [-0.15, -0.1) is 0 Å². The monoisotopic (exact) mass is 300 g/mol. The number of carbonyl (C=O) groups excluding carboxylic acids is 1. The molecule has 22 heavy (non-hydrogen) atoms. The largest absolute Gasteiger partial charge is 0.378 e. The van der Waals surface area contributed by atoms with Crippen molar-refractivity contribution in [3.8, 4) is 0 Å². The van der Waals surface area contributed by atoms with E-state index in [0.717, 1.165) is 23.9 Å². The van der Waals surface area contributed by atoms with Gasteiger partial charge in [0.2, 0.25) is 0 Å². The minimum Gasteiger partial charge on any atom is -0.378 e. The number of amides is 1. The second-order valence-electron chi connectivity index (χ2n) is 6.02. The molecule has 118 valence electrons. The Balaban J connectivity index is 1.38. The lowest BCUT2D eigenvalue weighted by atomic mass is 9.98. The molecule has 0 saturated heterocycles. The smallest absolute Gasteiger partial charge is 0.251 e. The maximum Gasteiger partial charge on any atom is 0.251 e. The fraction of sp³-hybridized carbons (Fsp3) is 0.500. The highest BCUT2D eigenvalue weighted by Gasteiger charge is 2.13.